The van der Waals surface area contributed by atoms with E-state index < -0.39 is 0 Å². The van der Waals surface area contributed by atoms with E-state index in [0.29, 0.717) is 0 Å². The van der Waals surface area contributed by atoms with Crippen LogP contribution < -0.4 is 10.4 Å². The first-order valence-electron chi connectivity index (χ1n) is 10.1. The van der Waals surface area contributed by atoms with Crippen molar-refractivity contribution in [2.45, 2.75) is 25.4 Å². The van der Waals surface area contributed by atoms with Crippen molar-refractivity contribution in [3.8, 4) is 0 Å². The van der Waals surface area contributed by atoms with Crippen molar-refractivity contribution < 1.29 is 4.84 Å². The van der Waals surface area contributed by atoms with Gasteiger partial charge in [0.2, 0.25) is 0 Å². The first-order valence-corrected chi connectivity index (χ1v) is 10.1. The highest BCUT2D eigenvalue weighted by atomic mass is 16.7. The Morgan fingerprint density at radius 1 is 0.852 bits per heavy atom. The fourth-order valence-corrected chi connectivity index (χ4v) is 3.86. The van der Waals surface area contributed by atoms with E-state index in [1.165, 1.54) is 30.6 Å². The van der Waals surface area contributed by atoms with Crippen LogP contribution in [0.15, 0.2) is 66.7 Å². The lowest BCUT2D eigenvalue weighted by Gasteiger charge is -2.36. The zero-order valence-electron chi connectivity index (χ0n) is 15.9. The Labute approximate surface area is 162 Å². The number of hydrogen-bond donors (Lipinski definition) is 1. The van der Waals surface area contributed by atoms with Gasteiger partial charge < -0.3 is 4.90 Å². The van der Waals surface area contributed by atoms with Crippen LogP contribution >= 0.6 is 0 Å². The highest BCUT2D eigenvalue weighted by Gasteiger charge is 2.19. The van der Waals surface area contributed by atoms with Gasteiger partial charge in [-0.2, -0.15) is 0 Å². The van der Waals surface area contributed by atoms with Gasteiger partial charge >= 0.3 is 0 Å². The smallest absolute Gasteiger partial charge is 0.106 e. The van der Waals surface area contributed by atoms with Gasteiger partial charge in [0.1, 0.15) is 6.10 Å². The third kappa shape index (κ3) is 4.90. The third-order valence-electron chi connectivity index (χ3n) is 5.46. The SMILES string of the molecule is C1=C(c2ccccc2)NOC1CCCCN1CCN(c2ccccc2)CC1. The zero-order chi connectivity index (χ0) is 18.3. The summed E-state index contributed by atoms with van der Waals surface area (Å²) in [6, 6.07) is 21.1. The van der Waals surface area contributed by atoms with Crippen molar-refractivity contribution >= 4 is 11.4 Å². The monoisotopic (exact) mass is 363 g/mol. The number of benzene rings is 2. The summed E-state index contributed by atoms with van der Waals surface area (Å²) in [6.45, 7) is 5.77. The second-order valence-corrected chi connectivity index (χ2v) is 7.36. The van der Waals surface area contributed by atoms with Crippen molar-refractivity contribution in [1.29, 1.82) is 0 Å². The van der Waals surface area contributed by atoms with Gasteiger partial charge in [-0.1, -0.05) is 48.5 Å². The van der Waals surface area contributed by atoms with Crippen LogP contribution in [0.3, 0.4) is 0 Å². The topological polar surface area (TPSA) is 27.7 Å². The minimum absolute atomic E-state index is 0.190. The van der Waals surface area contributed by atoms with Crippen molar-refractivity contribution in [3.05, 3.63) is 72.3 Å². The van der Waals surface area contributed by atoms with E-state index >= 15 is 0 Å². The summed E-state index contributed by atoms with van der Waals surface area (Å²) in [5, 5.41) is 0. The van der Waals surface area contributed by atoms with Crippen LogP contribution in [0, 0.1) is 0 Å². The van der Waals surface area contributed by atoms with Gasteiger partial charge in [-0.05, 0) is 49.6 Å². The molecule has 27 heavy (non-hydrogen) atoms. The number of nitrogens with one attached hydrogen (secondary N) is 1. The van der Waals surface area contributed by atoms with Gasteiger partial charge in [0.05, 0.1) is 5.70 Å². The van der Waals surface area contributed by atoms with Gasteiger partial charge in [0.25, 0.3) is 0 Å². The number of hydroxylamine groups is 1. The minimum Gasteiger partial charge on any atom is -0.369 e. The average molecular weight is 364 g/mol. The van der Waals surface area contributed by atoms with E-state index in [0.717, 1.165) is 38.3 Å². The molecule has 0 aromatic heterocycles. The van der Waals surface area contributed by atoms with Crippen molar-refractivity contribution in [2.24, 2.45) is 0 Å². The molecule has 4 rings (SSSR count). The third-order valence-corrected chi connectivity index (χ3v) is 5.46. The zero-order valence-corrected chi connectivity index (χ0v) is 15.9. The fraction of sp³-hybridized carbons (Fsp3) is 0.391. The molecule has 1 atom stereocenters. The summed E-state index contributed by atoms with van der Waals surface area (Å²) in [5.74, 6) is 0. The van der Waals surface area contributed by atoms with Gasteiger partial charge in [-0.15, -0.1) is 0 Å². The summed E-state index contributed by atoms with van der Waals surface area (Å²) in [6.07, 6.45) is 5.92. The number of rotatable bonds is 7. The first-order chi connectivity index (χ1) is 13.4. The molecule has 0 bridgehead atoms. The molecule has 0 spiro atoms. The number of anilines is 1. The van der Waals surface area contributed by atoms with Crippen LogP contribution in [-0.4, -0.2) is 43.7 Å². The quantitative estimate of drug-likeness (QED) is 0.755. The number of unbranched alkanes of at least 4 members (excludes halogenated alkanes) is 1. The Kier molecular flexibility index (Phi) is 6.07. The second kappa shape index (κ2) is 9.07. The normalized spacial score (nSPS) is 20.4. The molecule has 0 amide bonds. The van der Waals surface area contributed by atoms with Crippen molar-refractivity contribution in [3.63, 3.8) is 0 Å². The molecule has 0 radical (unpaired) electrons. The van der Waals surface area contributed by atoms with Crippen LogP contribution in [0.4, 0.5) is 5.69 Å². The molecule has 4 nitrogen and oxygen atoms in total. The maximum Gasteiger partial charge on any atom is 0.106 e. The van der Waals surface area contributed by atoms with Gasteiger partial charge in [0.15, 0.2) is 0 Å². The lowest BCUT2D eigenvalue weighted by Crippen LogP contribution is -2.46. The molecule has 2 aromatic rings. The minimum atomic E-state index is 0.190. The first kappa shape index (κ1) is 18.1. The Balaban J connectivity index is 1.14. The number of nitrogens with zero attached hydrogens (tertiary/aromatic N) is 2. The summed E-state index contributed by atoms with van der Waals surface area (Å²) in [5.41, 5.74) is 6.72. The van der Waals surface area contributed by atoms with Gasteiger partial charge in [-0.25, -0.2) is 0 Å². The molecule has 2 aliphatic rings. The molecule has 1 unspecified atom stereocenters. The Hall–Kier alpha value is -2.30. The molecular weight excluding hydrogens is 334 g/mol. The lowest BCUT2D eigenvalue weighted by molar-refractivity contribution is 0.0449. The average Bonchev–Trinajstić information content (AvgIpc) is 3.22. The Bertz CT molecular complexity index is 724. The molecule has 142 valence electrons. The van der Waals surface area contributed by atoms with Crippen LogP contribution in [-0.2, 0) is 4.84 Å². The lowest BCUT2D eigenvalue weighted by atomic mass is 10.1. The predicted octanol–water partition coefficient (Wildman–Crippen LogP) is 3.92. The van der Waals surface area contributed by atoms with Gasteiger partial charge in [-0.3, -0.25) is 15.2 Å². The molecule has 4 heteroatoms. The summed E-state index contributed by atoms with van der Waals surface area (Å²) in [7, 11) is 0. The van der Waals surface area contributed by atoms with Crippen molar-refractivity contribution in [1.82, 2.24) is 10.4 Å². The highest BCUT2D eigenvalue weighted by Crippen LogP contribution is 2.21. The van der Waals surface area contributed by atoms with E-state index in [2.05, 4.69) is 76.0 Å². The number of piperazine rings is 1. The molecular formula is C23H29N3O. The molecule has 0 aliphatic carbocycles. The van der Waals surface area contributed by atoms with Crippen LogP contribution in [0.25, 0.3) is 5.70 Å². The summed E-state index contributed by atoms with van der Waals surface area (Å²) >= 11 is 0. The van der Waals surface area contributed by atoms with E-state index in [-0.39, 0.29) is 6.10 Å². The van der Waals surface area contributed by atoms with E-state index in [4.69, 9.17) is 4.84 Å². The van der Waals surface area contributed by atoms with E-state index in [1.807, 2.05) is 6.07 Å². The summed E-state index contributed by atoms with van der Waals surface area (Å²) < 4.78 is 0. The van der Waals surface area contributed by atoms with Crippen LogP contribution in [0.1, 0.15) is 24.8 Å². The van der Waals surface area contributed by atoms with Gasteiger partial charge in [0, 0.05) is 31.9 Å². The second-order valence-electron chi connectivity index (χ2n) is 7.36. The van der Waals surface area contributed by atoms with Crippen LogP contribution in [0.5, 0.6) is 0 Å². The molecule has 1 saturated heterocycles. The highest BCUT2D eigenvalue weighted by molar-refractivity contribution is 5.64. The number of para-hydroxylation sites is 1. The predicted molar refractivity (Wildman–Crippen MR) is 111 cm³/mol. The molecule has 1 N–H and O–H groups in total. The van der Waals surface area contributed by atoms with E-state index in [1.54, 1.807) is 0 Å². The molecule has 2 heterocycles. The Morgan fingerprint density at radius 3 is 2.30 bits per heavy atom. The maximum absolute atomic E-state index is 5.71. The van der Waals surface area contributed by atoms with Crippen molar-refractivity contribution in [2.75, 3.05) is 37.6 Å². The Morgan fingerprint density at radius 2 is 1.56 bits per heavy atom. The van der Waals surface area contributed by atoms with E-state index in [9.17, 15) is 0 Å². The maximum atomic E-state index is 5.71. The molecule has 1 fully saturated rings. The molecule has 0 saturated carbocycles. The molecule has 2 aromatic carbocycles. The standard InChI is InChI=1S/C23H29N3O/c1-3-9-20(10-4-1)23-19-22(27-24-23)13-7-8-14-25-15-17-26(18-16-25)21-11-5-2-6-12-21/h1-6,9-12,19,22,24H,7-8,13-18H2. The number of hydrogen-bond acceptors (Lipinski definition) is 4. The largest absolute Gasteiger partial charge is 0.369 e. The fourth-order valence-electron chi connectivity index (χ4n) is 3.86. The summed E-state index contributed by atoms with van der Waals surface area (Å²) in [4.78, 5) is 10.8. The molecule has 2 aliphatic heterocycles. The van der Waals surface area contributed by atoms with Crippen LogP contribution in [0.2, 0.25) is 0 Å².